The van der Waals surface area contributed by atoms with E-state index in [-0.39, 0.29) is 0 Å². The summed E-state index contributed by atoms with van der Waals surface area (Å²) in [6, 6.07) is 5.88. The third kappa shape index (κ3) is 1.20. The molecule has 0 bridgehead atoms. The standard InChI is InChI=1S/C9H10ClN3/c1-6-8-4-2-3-7(5-11)13(8)9(10)12-6/h2-4H,5,11H2,1H3. The summed E-state index contributed by atoms with van der Waals surface area (Å²) in [6.45, 7) is 2.40. The number of pyridine rings is 1. The largest absolute Gasteiger partial charge is 0.325 e. The number of aromatic nitrogens is 2. The maximum absolute atomic E-state index is 5.96. The summed E-state index contributed by atoms with van der Waals surface area (Å²) >= 11 is 5.96. The summed E-state index contributed by atoms with van der Waals surface area (Å²) in [4.78, 5) is 4.17. The van der Waals surface area contributed by atoms with Crippen molar-refractivity contribution in [1.82, 2.24) is 9.38 Å². The fourth-order valence-electron chi connectivity index (χ4n) is 1.46. The van der Waals surface area contributed by atoms with Gasteiger partial charge in [0.1, 0.15) is 0 Å². The number of fused-ring (bicyclic) bond motifs is 1. The zero-order chi connectivity index (χ0) is 9.42. The van der Waals surface area contributed by atoms with Crippen LogP contribution in [0, 0.1) is 6.92 Å². The zero-order valence-electron chi connectivity index (χ0n) is 7.29. The van der Waals surface area contributed by atoms with Crippen LogP contribution in [0.5, 0.6) is 0 Å². The van der Waals surface area contributed by atoms with E-state index in [9.17, 15) is 0 Å². The molecule has 0 aliphatic carbocycles. The number of imidazole rings is 1. The van der Waals surface area contributed by atoms with Gasteiger partial charge in [-0.3, -0.25) is 4.40 Å². The lowest BCUT2D eigenvalue weighted by atomic mass is 10.3. The number of hydrogen-bond donors (Lipinski definition) is 1. The Kier molecular flexibility index (Phi) is 1.98. The number of nitrogens with two attached hydrogens (primary N) is 1. The summed E-state index contributed by atoms with van der Waals surface area (Å²) in [6.07, 6.45) is 0. The van der Waals surface area contributed by atoms with Gasteiger partial charge in [-0.25, -0.2) is 4.98 Å². The van der Waals surface area contributed by atoms with E-state index < -0.39 is 0 Å². The molecule has 0 atom stereocenters. The van der Waals surface area contributed by atoms with Gasteiger partial charge < -0.3 is 5.73 Å². The smallest absolute Gasteiger partial charge is 0.207 e. The number of rotatable bonds is 1. The summed E-state index contributed by atoms with van der Waals surface area (Å²) in [5.41, 5.74) is 8.51. The van der Waals surface area contributed by atoms with E-state index in [1.165, 1.54) is 0 Å². The van der Waals surface area contributed by atoms with Crippen LogP contribution in [-0.4, -0.2) is 9.38 Å². The van der Waals surface area contributed by atoms with E-state index in [1.807, 2.05) is 29.5 Å². The molecule has 4 heteroatoms. The molecule has 2 aromatic heterocycles. The Morgan fingerprint density at radius 3 is 3.00 bits per heavy atom. The van der Waals surface area contributed by atoms with E-state index >= 15 is 0 Å². The molecule has 0 fully saturated rings. The lowest BCUT2D eigenvalue weighted by Crippen LogP contribution is -2.03. The third-order valence-electron chi connectivity index (χ3n) is 2.10. The Bertz CT molecular complexity index is 447. The molecule has 2 rings (SSSR count). The van der Waals surface area contributed by atoms with Crippen molar-refractivity contribution in [3.8, 4) is 0 Å². The van der Waals surface area contributed by atoms with E-state index in [0.29, 0.717) is 11.8 Å². The zero-order valence-corrected chi connectivity index (χ0v) is 8.04. The van der Waals surface area contributed by atoms with Gasteiger partial charge in [0.2, 0.25) is 5.28 Å². The van der Waals surface area contributed by atoms with Crippen LogP contribution in [-0.2, 0) is 6.54 Å². The molecular weight excluding hydrogens is 186 g/mol. The molecule has 0 amide bonds. The lowest BCUT2D eigenvalue weighted by Gasteiger charge is -2.02. The van der Waals surface area contributed by atoms with Gasteiger partial charge in [-0.1, -0.05) is 6.07 Å². The van der Waals surface area contributed by atoms with Crippen molar-refractivity contribution in [2.75, 3.05) is 0 Å². The summed E-state index contributed by atoms with van der Waals surface area (Å²) in [7, 11) is 0. The second kappa shape index (κ2) is 3.01. The maximum Gasteiger partial charge on any atom is 0.207 e. The van der Waals surface area contributed by atoms with Gasteiger partial charge in [0.15, 0.2) is 0 Å². The molecule has 2 aromatic rings. The Morgan fingerprint density at radius 2 is 2.31 bits per heavy atom. The summed E-state index contributed by atoms with van der Waals surface area (Å²) in [5, 5.41) is 0.480. The molecule has 0 aromatic carbocycles. The fraction of sp³-hybridized carbons (Fsp3) is 0.222. The van der Waals surface area contributed by atoms with Crippen molar-refractivity contribution < 1.29 is 0 Å². The first-order chi connectivity index (χ1) is 6.24. The first-order valence-electron chi connectivity index (χ1n) is 4.06. The maximum atomic E-state index is 5.96. The van der Waals surface area contributed by atoms with E-state index in [4.69, 9.17) is 17.3 Å². The van der Waals surface area contributed by atoms with Crippen molar-refractivity contribution >= 4 is 17.1 Å². The van der Waals surface area contributed by atoms with Crippen LogP contribution in [0.3, 0.4) is 0 Å². The first-order valence-corrected chi connectivity index (χ1v) is 4.44. The van der Waals surface area contributed by atoms with Crippen LogP contribution in [0.2, 0.25) is 5.28 Å². The average Bonchev–Trinajstić information content (AvgIpc) is 2.43. The van der Waals surface area contributed by atoms with Crippen LogP contribution in [0.15, 0.2) is 18.2 Å². The van der Waals surface area contributed by atoms with Gasteiger partial charge in [-0.05, 0) is 30.7 Å². The predicted molar refractivity (Wildman–Crippen MR) is 52.8 cm³/mol. The van der Waals surface area contributed by atoms with Crippen LogP contribution >= 0.6 is 11.6 Å². The Labute approximate surface area is 81.1 Å². The van der Waals surface area contributed by atoms with Crippen molar-refractivity contribution in [2.24, 2.45) is 5.73 Å². The average molecular weight is 196 g/mol. The van der Waals surface area contributed by atoms with Crippen molar-refractivity contribution in [3.63, 3.8) is 0 Å². The molecule has 3 nitrogen and oxygen atoms in total. The molecule has 0 radical (unpaired) electrons. The van der Waals surface area contributed by atoms with E-state index in [2.05, 4.69) is 4.98 Å². The topological polar surface area (TPSA) is 43.3 Å². The number of aryl methyl sites for hydroxylation is 1. The third-order valence-corrected chi connectivity index (χ3v) is 2.35. The summed E-state index contributed by atoms with van der Waals surface area (Å²) < 4.78 is 1.87. The highest BCUT2D eigenvalue weighted by molar-refractivity contribution is 6.28. The molecule has 13 heavy (non-hydrogen) atoms. The van der Waals surface area contributed by atoms with Crippen molar-refractivity contribution in [3.05, 3.63) is 34.9 Å². The van der Waals surface area contributed by atoms with Crippen molar-refractivity contribution in [2.45, 2.75) is 13.5 Å². The molecule has 0 saturated heterocycles. The van der Waals surface area contributed by atoms with Gasteiger partial charge in [-0.2, -0.15) is 0 Å². The first kappa shape index (κ1) is 8.53. The predicted octanol–water partition coefficient (Wildman–Crippen LogP) is 1.75. The van der Waals surface area contributed by atoms with Crippen LogP contribution in [0.1, 0.15) is 11.4 Å². The highest BCUT2D eigenvalue weighted by atomic mass is 35.5. The van der Waals surface area contributed by atoms with Crippen LogP contribution in [0.25, 0.3) is 5.52 Å². The SMILES string of the molecule is Cc1nc(Cl)n2c(CN)cccc12. The molecule has 0 aliphatic rings. The second-order valence-corrected chi connectivity index (χ2v) is 3.25. The fourth-order valence-corrected chi connectivity index (χ4v) is 1.79. The number of nitrogens with zero attached hydrogens (tertiary/aromatic N) is 2. The monoisotopic (exact) mass is 195 g/mol. The van der Waals surface area contributed by atoms with Crippen LogP contribution in [0.4, 0.5) is 0 Å². The highest BCUT2D eigenvalue weighted by Crippen LogP contribution is 2.18. The summed E-state index contributed by atoms with van der Waals surface area (Å²) in [5.74, 6) is 0. The Hall–Kier alpha value is -1.06. The molecule has 0 spiro atoms. The van der Waals surface area contributed by atoms with Gasteiger partial charge in [0.25, 0.3) is 0 Å². The van der Waals surface area contributed by atoms with Gasteiger partial charge in [0.05, 0.1) is 11.2 Å². The molecule has 0 unspecified atom stereocenters. The normalized spacial score (nSPS) is 11.0. The minimum atomic E-state index is 0.465. The Morgan fingerprint density at radius 1 is 1.54 bits per heavy atom. The number of hydrogen-bond acceptors (Lipinski definition) is 2. The van der Waals surface area contributed by atoms with Gasteiger partial charge in [0, 0.05) is 12.2 Å². The van der Waals surface area contributed by atoms with E-state index in [0.717, 1.165) is 16.9 Å². The quantitative estimate of drug-likeness (QED) is 0.754. The Balaban J connectivity index is 2.88. The second-order valence-electron chi connectivity index (χ2n) is 2.91. The molecule has 0 saturated carbocycles. The van der Waals surface area contributed by atoms with Gasteiger partial charge in [-0.15, -0.1) is 0 Å². The van der Waals surface area contributed by atoms with Crippen molar-refractivity contribution in [1.29, 1.82) is 0 Å². The van der Waals surface area contributed by atoms with Gasteiger partial charge >= 0.3 is 0 Å². The minimum absolute atomic E-state index is 0.465. The lowest BCUT2D eigenvalue weighted by molar-refractivity contribution is 0.941. The molecule has 68 valence electrons. The highest BCUT2D eigenvalue weighted by Gasteiger charge is 2.07. The molecule has 2 N–H and O–H groups in total. The minimum Gasteiger partial charge on any atom is -0.325 e. The number of halogens is 1. The van der Waals surface area contributed by atoms with Crippen LogP contribution < -0.4 is 5.73 Å². The molecule has 2 heterocycles. The molecule has 0 aliphatic heterocycles. The molecular formula is C9H10ClN3. The van der Waals surface area contributed by atoms with E-state index in [1.54, 1.807) is 0 Å².